The highest BCUT2D eigenvalue weighted by Crippen LogP contribution is 2.18. The largest absolute Gasteiger partial charge is 0.349 e. The molecule has 146 valence electrons. The number of aromatic nitrogens is 2. The first-order valence-corrected chi connectivity index (χ1v) is 9.93. The summed E-state index contributed by atoms with van der Waals surface area (Å²) in [5.74, 6) is 0.644. The fraction of sp³-hybridized carbons (Fsp3) is 0.429. The maximum Gasteiger partial charge on any atom is 0.253 e. The summed E-state index contributed by atoms with van der Waals surface area (Å²) in [6, 6.07) is 9.06. The minimum Gasteiger partial charge on any atom is -0.349 e. The van der Waals surface area contributed by atoms with Crippen LogP contribution >= 0.6 is 0 Å². The lowest BCUT2D eigenvalue weighted by Gasteiger charge is -2.34. The number of benzene rings is 1. The summed E-state index contributed by atoms with van der Waals surface area (Å²) in [5.41, 5.74) is 1.22. The van der Waals surface area contributed by atoms with Crippen LogP contribution in [0.3, 0.4) is 0 Å². The molecule has 2 aliphatic rings. The third kappa shape index (κ3) is 4.13. The van der Waals surface area contributed by atoms with Crippen LogP contribution in [0.5, 0.6) is 0 Å². The maximum absolute atomic E-state index is 12.8. The van der Waals surface area contributed by atoms with E-state index in [1.807, 2.05) is 4.90 Å². The molecule has 2 aromatic rings. The average molecular weight is 379 g/mol. The van der Waals surface area contributed by atoms with Crippen LogP contribution in [-0.2, 0) is 0 Å². The molecule has 2 fully saturated rings. The molecular weight excluding hydrogens is 354 g/mol. The predicted molar refractivity (Wildman–Crippen MR) is 106 cm³/mol. The molecule has 1 N–H and O–H groups in total. The van der Waals surface area contributed by atoms with Crippen LogP contribution in [0.1, 0.15) is 46.4 Å². The first-order valence-electron chi connectivity index (χ1n) is 9.93. The number of amides is 2. The SMILES string of the molecule is O=C(NC1CCCC1)c1ccc(C(=O)N2CCN(c3ncccn3)CC2)cc1. The molecule has 28 heavy (non-hydrogen) atoms. The highest BCUT2D eigenvalue weighted by Gasteiger charge is 2.24. The van der Waals surface area contributed by atoms with Crippen molar-refractivity contribution in [3.8, 4) is 0 Å². The first kappa shape index (κ1) is 18.4. The summed E-state index contributed by atoms with van der Waals surface area (Å²) in [5, 5.41) is 3.08. The zero-order valence-corrected chi connectivity index (χ0v) is 15.9. The summed E-state index contributed by atoms with van der Waals surface area (Å²) in [6.45, 7) is 2.66. The fourth-order valence-electron chi connectivity index (χ4n) is 3.85. The first-order chi connectivity index (χ1) is 13.7. The molecule has 7 heteroatoms. The van der Waals surface area contributed by atoms with E-state index in [2.05, 4.69) is 20.2 Å². The standard InChI is InChI=1S/C21H25N5O2/c27-19(24-18-4-1-2-5-18)16-6-8-17(9-7-16)20(28)25-12-14-26(15-13-25)21-22-10-3-11-23-21/h3,6-11,18H,1-2,4-5,12-15H2,(H,24,27). The normalized spacial score (nSPS) is 17.6. The molecule has 1 saturated carbocycles. The number of nitrogens with one attached hydrogen (secondary N) is 1. The quantitative estimate of drug-likeness (QED) is 0.880. The van der Waals surface area contributed by atoms with E-state index in [-0.39, 0.29) is 11.8 Å². The Morgan fingerprint density at radius 2 is 1.50 bits per heavy atom. The number of carbonyl (C=O) groups excluding carboxylic acids is 2. The van der Waals surface area contributed by atoms with E-state index in [1.165, 1.54) is 12.8 Å². The molecule has 0 bridgehead atoms. The van der Waals surface area contributed by atoms with Crippen molar-refractivity contribution in [1.82, 2.24) is 20.2 Å². The summed E-state index contributed by atoms with van der Waals surface area (Å²) in [4.78, 5) is 37.6. The van der Waals surface area contributed by atoms with E-state index in [9.17, 15) is 9.59 Å². The number of anilines is 1. The second kappa shape index (κ2) is 8.37. The molecule has 2 amide bonds. The van der Waals surface area contributed by atoms with Crippen molar-refractivity contribution in [3.63, 3.8) is 0 Å². The third-order valence-corrected chi connectivity index (χ3v) is 5.49. The minimum absolute atomic E-state index is 0.00335. The second-order valence-corrected chi connectivity index (χ2v) is 7.36. The topological polar surface area (TPSA) is 78.4 Å². The van der Waals surface area contributed by atoms with Crippen LogP contribution in [0.15, 0.2) is 42.7 Å². The molecule has 0 radical (unpaired) electrons. The van der Waals surface area contributed by atoms with Gasteiger partial charge in [-0.05, 0) is 43.2 Å². The number of nitrogens with zero attached hydrogens (tertiary/aromatic N) is 4. The molecule has 7 nitrogen and oxygen atoms in total. The molecule has 1 saturated heterocycles. The molecule has 4 rings (SSSR count). The van der Waals surface area contributed by atoms with Crippen molar-refractivity contribution in [2.45, 2.75) is 31.7 Å². The molecule has 1 aliphatic heterocycles. The predicted octanol–water partition coefficient (Wildman–Crippen LogP) is 2.11. The molecular formula is C21H25N5O2. The van der Waals surface area contributed by atoms with E-state index in [4.69, 9.17) is 0 Å². The summed E-state index contributed by atoms with van der Waals surface area (Å²) >= 11 is 0. The van der Waals surface area contributed by atoms with Crippen LogP contribution in [0, 0.1) is 0 Å². The van der Waals surface area contributed by atoms with Crippen molar-refractivity contribution in [3.05, 3.63) is 53.9 Å². The Morgan fingerprint density at radius 1 is 0.893 bits per heavy atom. The van der Waals surface area contributed by atoms with Gasteiger partial charge in [-0.25, -0.2) is 9.97 Å². The lowest BCUT2D eigenvalue weighted by atomic mass is 10.1. The van der Waals surface area contributed by atoms with E-state index in [0.29, 0.717) is 49.3 Å². The minimum atomic E-state index is -0.0534. The molecule has 0 unspecified atom stereocenters. The number of carbonyl (C=O) groups is 2. The van der Waals surface area contributed by atoms with Gasteiger partial charge in [-0.15, -0.1) is 0 Å². The van der Waals surface area contributed by atoms with Gasteiger partial charge in [-0.2, -0.15) is 0 Å². The van der Waals surface area contributed by atoms with Gasteiger partial charge < -0.3 is 15.1 Å². The maximum atomic E-state index is 12.8. The van der Waals surface area contributed by atoms with Gasteiger partial charge in [0.25, 0.3) is 11.8 Å². The molecule has 0 spiro atoms. The lowest BCUT2D eigenvalue weighted by Crippen LogP contribution is -2.49. The fourth-order valence-corrected chi connectivity index (χ4v) is 3.85. The summed E-state index contributed by atoms with van der Waals surface area (Å²) in [6.07, 6.45) is 7.93. The van der Waals surface area contributed by atoms with Crippen molar-refractivity contribution in [2.24, 2.45) is 0 Å². The van der Waals surface area contributed by atoms with Crippen LogP contribution in [0.4, 0.5) is 5.95 Å². The van der Waals surface area contributed by atoms with Crippen LogP contribution < -0.4 is 10.2 Å². The molecule has 0 atom stereocenters. The van der Waals surface area contributed by atoms with Gasteiger partial charge in [0.05, 0.1) is 0 Å². The van der Waals surface area contributed by atoms with Crippen molar-refractivity contribution in [1.29, 1.82) is 0 Å². The van der Waals surface area contributed by atoms with Gasteiger partial charge in [-0.1, -0.05) is 12.8 Å². The van der Waals surface area contributed by atoms with Crippen molar-refractivity contribution >= 4 is 17.8 Å². The Bertz CT molecular complexity index is 810. The smallest absolute Gasteiger partial charge is 0.253 e. The van der Waals surface area contributed by atoms with Crippen LogP contribution in [-0.4, -0.2) is 58.9 Å². The van der Waals surface area contributed by atoms with E-state index >= 15 is 0 Å². The van der Waals surface area contributed by atoms with Crippen LogP contribution in [0.25, 0.3) is 0 Å². The average Bonchev–Trinajstić information content (AvgIpc) is 3.27. The summed E-state index contributed by atoms with van der Waals surface area (Å²) in [7, 11) is 0. The monoisotopic (exact) mass is 379 g/mol. The van der Waals surface area contributed by atoms with E-state index in [0.717, 1.165) is 12.8 Å². The third-order valence-electron chi connectivity index (χ3n) is 5.49. The van der Waals surface area contributed by atoms with Gasteiger partial charge in [0.15, 0.2) is 0 Å². The Balaban J connectivity index is 1.33. The zero-order chi connectivity index (χ0) is 19.3. The van der Waals surface area contributed by atoms with Gasteiger partial charge in [0.1, 0.15) is 0 Å². The lowest BCUT2D eigenvalue weighted by molar-refractivity contribution is 0.0745. The van der Waals surface area contributed by atoms with Gasteiger partial charge >= 0.3 is 0 Å². The van der Waals surface area contributed by atoms with E-state index in [1.54, 1.807) is 42.7 Å². The Kier molecular flexibility index (Phi) is 5.50. The second-order valence-electron chi connectivity index (χ2n) is 7.36. The Labute approximate surface area is 164 Å². The number of piperazine rings is 1. The number of hydrogen-bond acceptors (Lipinski definition) is 5. The van der Waals surface area contributed by atoms with Gasteiger partial charge in [-0.3, -0.25) is 9.59 Å². The molecule has 2 heterocycles. The molecule has 1 aromatic carbocycles. The Morgan fingerprint density at radius 3 is 2.14 bits per heavy atom. The highest BCUT2D eigenvalue weighted by atomic mass is 16.2. The summed E-state index contributed by atoms with van der Waals surface area (Å²) < 4.78 is 0. The Hall–Kier alpha value is -2.96. The van der Waals surface area contributed by atoms with Gasteiger partial charge in [0.2, 0.25) is 5.95 Å². The number of rotatable bonds is 4. The molecule has 1 aromatic heterocycles. The number of hydrogen-bond donors (Lipinski definition) is 1. The van der Waals surface area contributed by atoms with Gasteiger partial charge in [0, 0.05) is 55.7 Å². The van der Waals surface area contributed by atoms with Crippen LogP contribution in [0.2, 0.25) is 0 Å². The van der Waals surface area contributed by atoms with Crippen molar-refractivity contribution in [2.75, 3.05) is 31.1 Å². The highest BCUT2D eigenvalue weighted by molar-refractivity contribution is 5.98. The zero-order valence-electron chi connectivity index (χ0n) is 15.9. The molecule has 1 aliphatic carbocycles. The van der Waals surface area contributed by atoms with E-state index < -0.39 is 0 Å². The van der Waals surface area contributed by atoms with Crippen molar-refractivity contribution < 1.29 is 9.59 Å².